The fourth-order valence-corrected chi connectivity index (χ4v) is 1.29. The van der Waals surface area contributed by atoms with Gasteiger partial charge in [0.2, 0.25) is 0 Å². The Morgan fingerprint density at radius 2 is 1.00 bits per heavy atom. The number of hydrogen-bond acceptors (Lipinski definition) is 4. The van der Waals surface area contributed by atoms with E-state index in [2.05, 4.69) is 0 Å². The number of carbonyl (C=O) groups is 2. The summed E-state index contributed by atoms with van der Waals surface area (Å²) in [6.45, 7) is 0. The quantitative estimate of drug-likeness (QED) is 0.675. The van der Waals surface area contributed by atoms with E-state index in [0.717, 1.165) is 0 Å². The minimum atomic E-state index is -1.18. The Balaban J connectivity index is 0.000000364. The molecule has 0 fully saturated rings. The van der Waals surface area contributed by atoms with Crippen molar-refractivity contribution in [1.29, 1.82) is 0 Å². The summed E-state index contributed by atoms with van der Waals surface area (Å²) < 4.78 is 0. The second-order valence-corrected chi connectivity index (χ2v) is 3.60. The number of rotatable bonds is 2. The van der Waals surface area contributed by atoms with Crippen LogP contribution < -0.4 is 10.2 Å². The zero-order chi connectivity index (χ0) is 15.1. The van der Waals surface area contributed by atoms with Gasteiger partial charge in [0, 0.05) is 0 Å². The number of aromatic carboxylic acids is 2. The molecule has 0 aromatic heterocycles. The molecular formula is C14H10O6Pt. The standard InChI is InChI=1S/2C7H6O3.Pt/c2*8-6-4-2-1-3-5(6)7(9)10;/h2*1-4,8H,(H,9,10);/q;;+2/p-2. The van der Waals surface area contributed by atoms with Gasteiger partial charge in [0.1, 0.15) is 0 Å². The van der Waals surface area contributed by atoms with Crippen LogP contribution in [0.5, 0.6) is 11.5 Å². The van der Waals surface area contributed by atoms with Crippen molar-refractivity contribution in [2.45, 2.75) is 0 Å². The molecule has 2 rings (SSSR count). The summed E-state index contributed by atoms with van der Waals surface area (Å²) in [6.07, 6.45) is 0. The monoisotopic (exact) mass is 469 g/mol. The van der Waals surface area contributed by atoms with E-state index in [0.29, 0.717) is 0 Å². The summed E-state index contributed by atoms with van der Waals surface area (Å²) in [6, 6.07) is 11.1. The van der Waals surface area contributed by atoms with Gasteiger partial charge in [-0.1, -0.05) is 47.9 Å². The fourth-order valence-electron chi connectivity index (χ4n) is 1.29. The molecule has 2 aromatic rings. The maximum absolute atomic E-state index is 10.7. The first-order valence-corrected chi connectivity index (χ1v) is 5.42. The number of carboxylic acid groups (broad SMARTS) is 2. The third-order valence-electron chi connectivity index (χ3n) is 2.23. The number of benzene rings is 2. The molecule has 0 atom stereocenters. The van der Waals surface area contributed by atoms with Crippen LogP contribution in [-0.2, 0) is 21.1 Å². The summed E-state index contributed by atoms with van der Waals surface area (Å²) >= 11 is 0. The van der Waals surface area contributed by atoms with Gasteiger partial charge in [-0.3, -0.25) is 0 Å². The van der Waals surface area contributed by atoms with Gasteiger partial charge in [-0.2, -0.15) is 0 Å². The van der Waals surface area contributed by atoms with E-state index in [1.165, 1.54) is 48.5 Å². The van der Waals surface area contributed by atoms with E-state index in [-0.39, 0.29) is 32.2 Å². The third-order valence-corrected chi connectivity index (χ3v) is 2.23. The Morgan fingerprint density at radius 1 is 0.714 bits per heavy atom. The van der Waals surface area contributed by atoms with Crippen molar-refractivity contribution in [1.82, 2.24) is 0 Å². The molecule has 0 heterocycles. The molecule has 0 bridgehead atoms. The second kappa shape index (κ2) is 8.76. The van der Waals surface area contributed by atoms with E-state index in [9.17, 15) is 19.8 Å². The summed E-state index contributed by atoms with van der Waals surface area (Å²) in [5.74, 6) is -3.25. The van der Waals surface area contributed by atoms with Crippen molar-refractivity contribution < 1.29 is 51.1 Å². The Hall–Kier alpha value is -2.33. The SMILES string of the molecule is O=C(O)c1ccccc1[O-].O=C(O)c1ccccc1[O-].[Pt+2]. The van der Waals surface area contributed by atoms with Crippen LogP contribution in [0.3, 0.4) is 0 Å². The molecule has 2 aromatic carbocycles. The molecular weight excluding hydrogens is 459 g/mol. The van der Waals surface area contributed by atoms with E-state index in [1.54, 1.807) is 0 Å². The molecule has 0 aliphatic rings. The van der Waals surface area contributed by atoms with Crippen LogP contribution in [-0.4, -0.2) is 22.2 Å². The molecule has 112 valence electrons. The van der Waals surface area contributed by atoms with Crippen LogP contribution in [0.1, 0.15) is 20.7 Å². The number of hydrogen-bond donors (Lipinski definition) is 2. The Labute approximate surface area is 134 Å². The maximum atomic E-state index is 10.7. The normalized spacial score (nSPS) is 8.76. The van der Waals surface area contributed by atoms with Crippen molar-refractivity contribution in [3.8, 4) is 11.5 Å². The van der Waals surface area contributed by atoms with Crippen LogP contribution in [0.2, 0.25) is 0 Å². The largest absolute Gasteiger partial charge is 2.00 e. The summed E-state index contributed by atoms with van der Waals surface area (Å²) in [4.78, 5) is 20.4. The zero-order valence-electron chi connectivity index (χ0n) is 10.5. The van der Waals surface area contributed by atoms with E-state index in [4.69, 9.17) is 10.2 Å². The van der Waals surface area contributed by atoms with Crippen LogP contribution >= 0.6 is 0 Å². The molecule has 7 heteroatoms. The predicted molar refractivity (Wildman–Crippen MR) is 65.7 cm³/mol. The molecule has 0 saturated carbocycles. The molecule has 21 heavy (non-hydrogen) atoms. The van der Waals surface area contributed by atoms with Gasteiger partial charge < -0.3 is 20.4 Å². The van der Waals surface area contributed by atoms with Crippen LogP contribution in [0.25, 0.3) is 0 Å². The topological polar surface area (TPSA) is 121 Å². The van der Waals surface area contributed by atoms with E-state index < -0.39 is 23.4 Å². The van der Waals surface area contributed by atoms with Gasteiger partial charge in [-0.25, -0.2) is 9.59 Å². The minimum Gasteiger partial charge on any atom is -0.872 e. The third kappa shape index (κ3) is 5.67. The van der Waals surface area contributed by atoms with Crippen molar-refractivity contribution in [3.05, 3.63) is 59.7 Å². The second-order valence-electron chi connectivity index (χ2n) is 3.60. The minimum absolute atomic E-state index is 0. The van der Waals surface area contributed by atoms with Gasteiger partial charge >= 0.3 is 33.0 Å². The van der Waals surface area contributed by atoms with E-state index >= 15 is 0 Å². The first kappa shape index (κ1) is 18.7. The van der Waals surface area contributed by atoms with Gasteiger partial charge in [0.05, 0.1) is 11.1 Å². The first-order chi connectivity index (χ1) is 9.43. The Kier molecular flexibility index (Phi) is 7.79. The van der Waals surface area contributed by atoms with Crippen LogP contribution in [0.15, 0.2) is 48.5 Å². The average molecular weight is 469 g/mol. The first-order valence-electron chi connectivity index (χ1n) is 5.42. The summed E-state index contributed by atoms with van der Waals surface area (Å²) in [5.41, 5.74) is -0.356. The van der Waals surface area contributed by atoms with Crippen LogP contribution in [0, 0.1) is 0 Å². The zero-order valence-corrected chi connectivity index (χ0v) is 12.7. The van der Waals surface area contributed by atoms with Gasteiger partial charge in [-0.15, -0.1) is 0 Å². The number of para-hydroxylation sites is 2. The molecule has 0 saturated heterocycles. The predicted octanol–water partition coefficient (Wildman–Crippen LogP) is 0.914. The Morgan fingerprint density at radius 3 is 1.19 bits per heavy atom. The fraction of sp³-hybridized carbons (Fsp3) is 0. The maximum Gasteiger partial charge on any atom is 2.00 e. The summed E-state index contributed by atoms with van der Waals surface area (Å²) in [5, 5.41) is 38.1. The molecule has 0 unspecified atom stereocenters. The van der Waals surface area contributed by atoms with Crippen molar-refractivity contribution in [2.24, 2.45) is 0 Å². The summed E-state index contributed by atoms with van der Waals surface area (Å²) in [7, 11) is 0. The average Bonchev–Trinajstić information content (AvgIpc) is 2.40. The van der Waals surface area contributed by atoms with Crippen molar-refractivity contribution >= 4 is 11.9 Å². The number of carboxylic acids is 2. The molecule has 0 spiro atoms. The molecule has 0 amide bonds. The molecule has 0 radical (unpaired) electrons. The molecule has 0 aliphatic heterocycles. The Bertz CT molecular complexity index is 571. The van der Waals surface area contributed by atoms with E-state index in [1.807, 2.05) is 0 Å². The van der Waals surface area contributed by atoms with Gasteiger partial charge in [-0.05, 0) is 12.1 Å². The van der Waals surface area contributed by atoms with Crippen molar-refractivity contribution in [3.63, 3.8) is 0 Å². The molecule has 2 N–H and O–H groups in total. The smallest absolute Gasteiger partial charge is 0.872 e. The molecule has 6 nitrogen and oxygen atoms in total. The molecule has 0 aliphatic carbocycles. The van der Waals surface area contributed by atoms with Crippen molar-refractivity contribution in [2.75, 3.05) is 0 Å². The van der Waals surface area contributed by atoms with Crippen LogP contribution in [0.4, 0.5) is 0 Å². The van der Waals surface area contributed by atoms with Gasteiger partial charge in [0.15, 0.2) is 0 Å². The van der Waals surface area contributed by atoms with Gasteiger partial charge in [0.25, 0.3) is 0 Å².